The fourth-order valence-corrected chi connectivity index (χ4v) is 2.42. The molecule has 6 nitrogen and oxygen atoms in total. The van der Waals surface area contributed by atoms with Crippen LogP contribution in [0.25, 0.3) is 0 Å². The van der Waals surface area contributed by atoms with E-state index in [0.29, 0.717) is 5.96 Å². The fourth-order valence-electron chi connectivity index (χ4n) is 2.42. The first-order chi connectivity index (χ1) is 10.1. The van der Waals surface area contributed by atoms with E-state index in [-0.39, 0.29) is 29.9 Å². The number of hydrogen-bond donors (Lipinski definition) is 2. The second kappa shape index (κ2) is 12.9. The Morgan fingerprint density at radius 3 is 2.45 bits per heavy atom. The van der Waals surface area contributed by atoms with Gasteiger partial charge in [-0.1, -0.05) is 26.2 Å². The van der Waals surface area contributed by atoms with Crippen molar-refractivity contribution in [3.05, 3.63) is 0 Å². The van der Waals surface area contributed by atoms with E-state index in [1.165, 1.54) is 19.3 Å². The lowest BCUT2D eigenvalue weighted by atomic mass is 10.2. The zero-order valence-electron chi connectivity index (χ0n) is 14.0. The normalized spacial score (nSPS) is 16.3. The predicted octanol–water partition coefficient (Wildman–Crippen LogP) is 1.25. The SMILES string of the molecule is CCCCCCN=C(N)NCCN1CCN(C(C)=O)CC1.I. The smallest absolute Gasteiger partial charge is 0.219 e. The maximum Gasteiger partial charge on any atom is 0.219 e. The number of piperazine rings is 1. The summed E-state index contributed by atoms with van der Waals surface area (Å²) >= 11 is 0. The fraction of sp³-hybridized carbons (Fsp3) is 0.867. The Kier molecular flexibility index (Phi) is 12.6. The lowest BCUT2D eigenvalue weighted by molar-refractivity contribution is -0.130. The minimum absolute atomic E-state index is 0. The molecule has 1 fully saturated rings. The third-order valence-electron chi connectivity index (χ3n) is 3.85. The molecule has 130 valence electrons. The highest BCUT2D eigenvalue weighted by molar-refractivity contribution is 14.0. The van der Waals surface area contributed by atoms with Crippen LogP contribution in [-0.2, 0) is 4.79 Å². The van der Waals surface area contributed by atoms with Gasteiger partial charge in [-0.25, -0.2) is 0 Å². The van der Waals surface area contributed by atoms with Crippen molar-refractivity contribution in [1.29, 1.82) is 0 Å². The van der Waals surface area contributed by atoms with Gasteiger partial charge < -0.3 is 16.0 Å². The third kappa shape index (κ3) is 9.45. The number of unbranched alkanes of at least 4 members (excludes halogenated alkanes) is 3. The lowest BCUT2D eigenvalue weighted by Crippen LogP contribution is -2.50. The second-order valence-electron chi connectivity index (χ2n) is 5.60. The molecule has 0 atom stereocenters. The van der Waals surface area contributed by atoms with Crippen molar-refractivity contribution in [3.63, 3.8) is 0 Å². The van der Waals surface area contributed by atoms with Crippen LogP contribution < -0.4 is 11.1 Å². The van der Waals surface area contributed by atoms with Gasteiger partial charge in [0.25, 0.3) is 0 Å². The first-order valence-electron chi connectivity index (χ1n) is 8.15. The molecule has 1 amide bonds. The topological polar surface area (TPSA) is 74.0 Å². The van der Waals surface area contributed by atoms with Gasteiger partial charge in [0.15, 0.2) is 5.96 Å². The monoisotopic (exact) mass is 425 g/mol. The molecule has 0 aromatic carbocycles. The molecule has 22 heavy (non-hydrogen) atoms. The van der Waals surface area contributed by atoms with Gasteiger partial charge in [0, 0.05) is 52.7 Å². The first kappa shape index (κ1) is 21.4. The van der Waals surface area contributed by atoms with Crippen molar-refractivity contribution >= 4 is 35.8 Å². The first-order valence-corrected chi connectivity index (χ1v) is 8.15. The highest BCUT2D eigenvalue weighted by atomic mass is 127. The number of rotatable bonds is 8. The Morgan fingerprint density at radius 2 is 1.86 bits per heavy atom. The molecular formula is C15H32IN5O. The molecule has 0 aromatic rings. The number of halogens is 1. The lowest BCUT2D eigenvalue weighted by Gasteiger charge is -2.34. The van der Waals surface area contributed by atoms with Crippen LogP contribution in [0.2, 0.25) is 0 Å². The molecule has 1 rings (SSSR count). The number of nitrogens with two attached hydrogens (primary N) is 1. The molecule has 0 bridgehead atoms. The predicted molar refractivity (Wildman–Crippen MR) is 103 cm³/mol. The van der Waals surface area contributed by atoms with Crippen molar-refractivity contribution in [2.75, 3.05) is 45.8 Å². The van der Waals surface area contributed by atoms with Gasteiger partial charge in [-0.2, -0.15) is 0 Å². The Labute approximate surface area is 151 Å². The average molecular weight is 425 g/mol. The van der Waals surface area contributed by atoms with Gasteiger partial charge in [-0.15, -0.1) is 24.0 Å². The minimum Gasteiger partial charge on any atom is -0.370 e. The van der Waals surface area contributed by atoms with E-state index in [2.05, 4.69) is 22.1 Å². The van der Waals surface area contributed by atoms with Gasteiger partial charge in [0.2, 0.25) is 5.91 Å². The van der Waals surface area contributed by atoms with Crippen LogP contribution in [0, 0.1) is 0 Å². The molecule has 0 saturated carbocycles. The molecule has 3 N–H and O–H groups in total. The highest BCUT2D eigenvalue weighted by Gasteiger charge is 2.17. The number of guanidine groups is 1. The standard InChI is InChI=1S/C15H31N5O.HI/c1-3-4-5-6-7-17-15(16)18-8-9-19-10-12-20(13-11-19)14(2)21;/h3-13H2,1-2H3,(H3,16,17,18);1H. The Bertz CT molecular complexity index is 330. The molecule has 1 aliphatic heterocycles. The Balaban J connectivity index is 0.00000441. The van der Waals surface area contributed by atoms with Crippen LogP contribution in [0.4, 0.5) is 0 Å². The largest absolute Gasteiger partial charge is 0.370 e. The summed E-state index contributed by atoms with van der Waals surface area (Å²) in [5.41, 5.74) is 5.83. The molecule has 7 heteroatoms. The number of hydrogen-bond acceptors (Lipinski definition) is 3. The number of aliphatic imine (C=N–C) groups is 1. The molecule has 1 saturated heterocycles. The summed E-state index contributed by atoms with van der Waals surface area (Å²) in [7, 11) is 0. The summed E-state index contributed by atoms with van der Waals surface area (Å²) in [5, 5.41) is 3.16. The van der Waals surface area contributed by atoms with Gasteiger partial charge in [-0.05, 0) is 6.42 Å². The summed E-state index contributed by atoms with van der Waals surface area (Å²) < 4.78 is 0. The summed E-state index contributed by atoms with van der Waals surface area (Å²) in [6.07, 6.45) is 4.86. The second-order valence-corrected chi connectivity index (χ2v) is 5.60. The van der Waals surface area contributed by atoms with Gasteiger partial charge in [0.05, 0.1) is 0 Å². The number of amides is 1. The van der Waals surface area contributed by atoms with E-state index in [1.54, 1.807) is 6.92 Å². The summed E-state index contributed by atoms with van der Waals surface area (Å²) in [6, 6.07) is 0. The van der Waals surface area contributed by atoms with Crippen LogP contribution >= 0.6 is 24.0 Å². The summed E-state index contributed by atoms with van der Waals surface area (Å²) in [6.45, 7) is 9.94. The number of nitrogens with zero attached hydrogens (tertiary/aromatic N) is 3. The molecule has 1 heterocycles. The Hall–Kier alpha value is -0.570. The zero-order chi connectivity index (χ0) is 15.5. The third-order valence-corrected chi connectivity index (χ3v) is 3.85. The van der Waals surface area contributed by atoms with Crippen molar-refractivity contribution < 1.29 is 4.79 Å². The molecule has 0 spiro atoms. The maximum absolute atomic E-state index is 11.2. The van der Waals surface area contributed by atoms with Gasteiger partial charge >= 0.3 is 0 Å². The molecular weight excluding hydrogens is 393 g/mol. The van der Waals surface area contributed by atoms with E-state index in [4.69, 9.17) is 5.73 Å². The quantitative estimate of drug-likeness (QED) is 0.266. The molecule has 0 aliphatic carbocycles. The molecule has 1 aliphatic rings. The number of carbonyl (C=O) groups excluding carboxylic acids is 1. The van der Waals surface area contributed by atoms with E-state index in [0.717, 1.165) is 52.2 Å². The van der Waals surface area contributed by atoms with E-state index < -0.39 is 0 Å². The van der Waals surface area contributed by atoms with Gasteiger partial charge in [0.1, 0.15) is 0 Å². The summed E-state index contributed by atoms with van der Waals surface area (Å²) in [5.74, 6) is 0.723. The van der Waals surface area contributed by atoms with Gasteiger partial charge in [-0.3, -0.25) is 14.7 Å². The van der Waals surface area contributed by atoms with Crippen molar-refractivity contribution in [2.45, 2.75) is 39.5 Å². The van der Waals surface area contributed by atoms with E-state index in [1.807, 2.05) is 4.90 Å². The van der Waals surface area contributed by atoms with Crippen molar-refractivity contribution in [1.82, 2.24) is 15.1 Å². The Morgan fingerprint density at radius 1 is 1.18 bits per heavy atom. The van der Waals surface area contributed by atoms with Crippen LogP contribution in [0.15, 0.2) is 4.99 Å². The van der Waals surface area contributed by atoms with Crippen LogP contribution in [0.1, 0.15) is 39.5 Å². The highest BCUT2D eigenvalue weighted by Crippen LogP contribution is 2.01. The average Bonchev–Trinajstić information content (AvgIpc) is 2.47. The molecule has 0 aromatic heterocycles. The number of carbonyl (C=O) groups is 1. The van der Waals surface area contributed by atoms with Crippen molar-refractivity contribution in [2.24, 2.45) is 10.7 Å². The zero-order valence-corrected chi connectivity index (χ0v) is 16.3. The summed E-state index contributed by atoms with van der Waals surface area (Å²) in [4.78, 5) is 19.8. The number of nitrogens with one attached hydrogen (secondary N) is 1. The van der Waals surface area contributed by atoms with Crippen LogP contribution in [0.5, 0.6) is 0 Å². The minimum atomic E-state index is 0. The van der Waals surface area contributed by atoms with Crippen LogP contribution in [-0.4, -0.2) is 67.5 Å². The van der Waals surface area contributed by atoms with E-state index >= 15 is 0 Å². The van der Waals surface area contributed by atoms with Crippen molar-refractivity contribution in [3.8, 4) is 0 Å². The molecule has 0 radical (unpaired) electrons. The van der Waals surface area contributed by atoms with Crippen LogP contribution in [0.3, 0.4) is 0 Å². The maximum atomic E-state index is 11.2. The van der Waals surface area contributed by atoms with E-state index in [9.17, 15) is 4.79 Å². The molecule has 0 unspecified atom stereocenters.